The predicted molar refractivity (Wildman–Crippen MR) is 116 cm³/mol. The zero-order valence-electron chi connectivity index (χ0n) is 16.4. The van der Waals surface area contributed by atoms with Crippen LogP contribution in [0.2, 0.25) is 0 Å². The monoisotopic (exact) mass is 417 g/mol. The van der Waals surface area contributed by atoms with Gasteiger partial charge in [0.1, 0.15) is 17.1 Å². The molecule has 1 atom stereocenters. The van der Waals surface area contributed by atoms with Gasteiger partial charge in [0.05, 0.1) is 5.25 Å². The molecule has 2 aromatic heterocycles. The van der Waals surface area contributed by atoms with E-state index in [1.54, 1.807) is 19.9 Å². The van der Waals surface area contributed by atoms with Gasteiger partial charge < -0.3 is 9.84 Å². The van der Waals surface area contributed by atoms with Crippen molar-refractivity contribution in [1.29, 1.82) is 0 Å². The van der Waals surface area contributed by atoms with Crippen molar-refractivity contribution < 1.29 is 9.32 Å². The number of thioether (sulfide) groups is 1. The molecule has 0 saturated carbocycles. The fourth-order valence-corrected chi connectivity index (χ4v) is 3.53. The highest BCUT2D eigenvalue weighted by atomic mass is 32.2. The fourth-order valence-electron chi connectivity index (χ4n) is 2.81. The highest BCUT2D eigenvalue weighted by molar-refractivity contribution is 8.00. The van der Waals surface area contributed by atoms with Crippen LogP contribution < -0.4 is 5.32 Å². The van der Waals surface area contributed by atoms with E-state index >= 15 is 0 Å². The summed E-state index contributed by atoms with van der Waals surface area (Å²) in [6, 6.07) is 21.3. The number of hydrogen-bond acceptors (Lipinski definition) is 7. The van der Waals surface area contributed by atoms with Crippen LogP contribution in [0, 0.1) is 6.92 Å². The Balaban J connectivity index is 1.60. The number of carbonyl (C=O) groups is 1. The second-order valence-corrected chi connectivity index (χ2v) is 7.90. The van der Waals surface area contributed by atoms with Crippen LogP contribution in [0.1, 0.15) is 12.7 Å². The van der Waals surface area contributed by atoms with Gasteiger partial charge in [-0.05, 0) is 13.8 Å². The minimum Gasteiger partial charge on any atom is -0.360 e. The number of carbonyl (C=O) groups excluding carboxylic acids is 1. The summed E-state index contributed by atoms with van der Waals surface area (Å²) in [5.74, 6) is 0.792. The van der Waals surface area contributed by atoms with Crippen LogP contribution in [0.25, 0.3) is 22.5 Å². The van der Waals surface area contributed by atoms with Crippen LogP contribution in [0.5, 0.6) is 0 Å². The van der Waals surface area contributed by atoms with Crippen molar-refractivity contribution in [3.8, 4) is 22.5 Å². The van der Waals surface area contributed by atoms with Crippen molar-refractivity contribution in [3.05, 3.63) is 72.5 Å². The van der Waals surface area contributed by atoms with E-state index < -0.39 is 5.25 Å². The summed E-state index contributed by atoms with van der Waals surface area (Å²) >= 11 is 1.24. The molecule has 4 rings (SSSR count). The highest BCUT2D eigenvalue weighted by Gasteiger charge is 2.20. The van der Waals surface area contributed by atoms with Crippen molar-refractivity contribution in [2.75, 3.05) is 5.32 Å². The fraction of sp³-hybridized carbons (Fsp3) is 0.136. The summed E-state index contributed by atoms with van der Waals surface area (Å²) in [6.45, 7) is 3.54. The molecule has 1 amide bonds. The lowest BCUT2D eigenvalue weighted by Gasteiger charge is -2.12. The van der Waals surface area contributed by atoms with Gasteiger partial charge in [-0.15, -0.1) is 10.2 Å². The molecule has 1 N–H and O–H groups in total. The van der Waals surface area contributed by atoms with Crippen LogP contribution in [0.4, 0.5) is 5.82 Å². The molecule has 0 aliphatic carbocycles. The van der Waals surface area contributed by atoms with E-state index in [0.29, 0.717) is 22.4 Å². The summed E-state index contributed by atoms with van der Waals surface area (Å²) in [7, 11) is 0. The van der Waals surface area contributed by atoms with Crippen LogP contribution >= 0.6 is 11.8 Å². The largest absolute Gasteiger partial charge is 0.360 e. The molecule has 8 heteroatoms. The molecule has 0 bridgehead atoms. The summed E-state index contributed by atoms with van der Waals surface area (Å²) in [5, 5.41) is 15.2. The number of hydrogen-bond donors (Lipinski definition) is 1. The van der Waals surface area contributed by atoms with E-state index in [4.69, 9.17) is 9.51 Å². The standard InChI is InChI=1S/C22H19N5O2S/c1-14-13-18(27-29-14)23-21(28)15(2)30-22-24-19(16-9-5-3-6-10-16)20(25-26-22)17-11-7-4-8-12-17/h3-13,15H,1-2H3,(H,23,27,28)/t15-/m1/s1. The SMILES string of the molecule is Cc1cc(NC(=O)[C@@H](C)Sc2nnc(-c3ccccc3)c(-c3ccccc3)n2)no1. The highest BCUT2D eigenvalue weighted by Crippen LogP contribution is 2.30. The molecule has 0 aliphatic rings. The van der Waals surface area contributed by atoms with Gasteiger partial charge >= 0.3 is 0 Å². The maximum absolute atomic E-state index is 12.5. The molecule has 4 aromatic rings. The van der Waals surface area contributed by atoms with Gasteiger partial charge in [0.2, 0.25) is 11.1 Å². The summed E-state index contributed by atoms with van der Waals surface area (Å²) in [4.78, 5) is 17.2. The van der Waals surface area contributed by atoms with Gasteiger partial charge in [-0.3, -0.25) is 4.79 Å². The van der Waals surface area contributed by atoms with E-state index in [9.17, 15) is 4.79 Å². The Kier molecular flexibility index (Phi) is 5.85. The molecular weight excluding hydrogens is 398 g/mol. The number of anilines is 1. The molecule has 0 spiro atoms. The minimum atomic E-state index is -0.449. The lowest BCUT2D eigenvalue weighted by Crippen LogP contribution is -2.23. The molecule has 0 aliphatic heterocycles. The molecule has 7 nitrogen and oxygen atoms in total. The lowest BCUT2D eigenvalue weighted by atomic mass is 10.0. The molecule has 2 heterocycles. The Morgan fingerprint density at radius 2 is 1.60 bits per heavy atom. The topological polar surface area (TPSA) is 93.8 Å². The Morgan fingerprint density at radius 1 is 0.967 bits per heavy atom. The number of rotatable bonds is 6. The first kappa shape index (κ1) is 19.8. The predicted octanol–water partition coefficient (Wildman–Crippen LogP) is 4.62. The van der Waals surface area contributed by atoms with Gasteiger partial charge in [-0.2, -0.15) is 0 Å². The van der Waals surface area contributed by atoms with Crippen LogP contribution in [0.15, 0.2) is 76.4 Å². The molecule has 150 valence electrons. The molecule has 0 fully saturated rings. The van der Waals surface area contributed by atoms with Crippen molar-refractivity contribution in [3.63, 3.8) is 0 Å². The molecule has 0 saturated heterocycles. The van der Waals surface area contributed by atoms with Crippen LogP contribution in [0.3, 0.4) is 0 Å². The van der Waals surface area contributed by atoms with Crippen molar-refractivity contribution in [2.24, 2.45) is 0 Å². The van der Waals surface area contributed by atoms with Crippen LogP contribution in [-0.2, 0) is 4.79 Å². The molecule has 30 heavy (non-hydrogen) atoms. The maximum atomic E-state index is 12.5. The maximum Gasteiger partial charge on any atom is 0.238 e. The zero-order valence-corrected chi connectivity index (χ0v) is 17.3. The molecule has 0 unspecified atom stereocenters. The van der Waals surface area contributed by atoms with E-state index in [-0.39, 0.29) is 5.91 Å². The normalized spacial score (nSPS) is 11.8. The molecule has 2 aromatic carbocycles. The number of aromatic nitrogens is 4. The first-order chi connectivity index (χ1) is 14.6. The second kappa shape index (κ2) is 8.87. The molecular formula is C22H19N5O2S. The first-order valence-electron chi connectivity index (χ1n) is 9.36. The average molecular weight is 417 g/mol. The first-order valence-corrected chi connectivity index (χ1v) is 10.2. The molecule has 0 radical (unpaired) electrons. The van der Waals surface area contributed by atoms with Crippen molar-refractivity contribution in [1.82, 2.24) is 20.3 Å². The van der Waals surface area contributed by atoms with Crippen LogP contribution in [-0.4, -0.2) is 31.5 Å². The van der Waals surface area contributed by atoms with E-state index in [0.717, 1.165) is 16.8 Å². The number of benzene rings is 2. The number of nitrogens with one attached hydrogen (secondary N) is 1. The van der Waals surface area contributed by atoms with Gasteiger partial charge in [0.15, 0.2) is 5.82 Å². The Hall–Kier alpha value is -3.52. The van der Waals surface area contributed by atoms with Crippen molar-refractivity contribution >= 4 is 23.5 Å². The lowest BCUT2D eigenvalue weighted by molar-refractivity contribution is -0.115. The second-order valence-electron chi connectivity index (χ2n) is 6.60. The minimum absolute atomic E-state index is 0.217. The summed E-state index contributed by atoms with van der Waals surface area (Å²) < 4.78 is 4.98. The number of nitrogens with zero attached hydrogens (tertiary/aromatic N) is 4. The van der Waals surface area contributed by atoms with E-state index in [2.05, 4.69) is 20.7 Å². The Bertz CT molecular complexity index is 1150. The van der Waals surface area contributed by atoms with Gasteiger partial charge in [0, 0.05) is 17.2 Å². The quantitative estimate of drug-likeness (QED) is 0.457. The van der Waals surface area contributed by atoms with Crippen molar-refractivity contribution in [2.45, 2.75) is 24.3 Å². The third-order valence-corrected chi connectivity index (χ3v) is 5.24. The number of amides is 1. The Morgan fingerprint density at radius 3 is 2.20 bits per heavy atom. The van der Waals surface area contributed by atoms with Gasteiger partial charge in [-0.1, -0.05) is 77.6 Å². The van der Waals surface area contributed by atoms with E-state index in [1.165, 1.54) is 11.8 Å². The number of aryl methyl sites for hydroxylation is 1. The Labute approximate surface area is 177 Å². The van der Waals surface area contributed by atoms with Gasteiger partial charge in [-0.25, -0.2) is 4.98 Å². The third-order valence-electron chi connectivity index (χ3n) is 4.29. The summed E-state index contributed by atoms with van der Waals surface area (Å²) in [6.07, 6.45) is 0. The van der Waals surface area contributed by atoms with E-state index in [1.807, 2.05) is 60.7 Å². The third kappa shape index (κ3) is 4.55. The smallest absolute Gasteiger partial charge is 0.238 e. The van der Waals surface area contributed by atoms with Gasteiger partial charge in [0.25, 0.3) is 0 Å². The zero-order chi connectivity index (χ0) is 20.9. The average Bonchev–Trinajstić information content (AvgIpc) is 3.19. The summed E-state index contributed by atoms with van der Waals surface area (Å²) in [5.41, 5.74) is 3.28.